The number of hydrogen-bond donors (Lipinski definition) is 0. The van der Waals surface area contributed by atoms with E-state index in [1.807, 2.05) is 6.20 Å². The fourth-order valence-electron chi connectivity index (χ4n) is 9.56. The number of pyridine rings is 1. The minimum Gasteiger partial charge on any atom is -0.345 e. The Balaban J connectivity index is 0.951. The Kier molecular flexibility index (Phi) is 6.75. The topological polar surface area (TPSA) is 19.4 Å². The number of nitrogens with zero attached hydrogens (tertiary/aromatic N) is 3. The first-order valence-electron chi connectivity index (χ1n) is 18.3. The van der Waals surface area contributed by atoms with E-state index < -0.39 is 0 Å². The molecule has 10 rings (SSSR count). The lowest BCUT2D eigenvalue weighted by Gasteiger charge is -2.36. The van der Waals surface area contributed by atoms with E-state index >= 15 is 0 Å². The monoisotopic (exact) mass is 635 g/mol. The minimum atomic E-state index is 0.130. The lowest BCUT2D eigenvalue weighted by molar-refractivity contribution is 0.549. The molecular formula is C46H41N3. The van der Waals surface area contributed by atoms with Crippen LogP contribution in [0.1, 0.15) is 84.9 Å². The van der Waals surface area contributed by atoms with E-state index in [-0.39, 0.29) is 5.41 Å². The molecule has 1 spiro atoms. The van der Waals surface area contributed by atoms with Crippen molar-refractivity contribution < 1.29 is 0 Å². The highest BCUT2D eigenvalue weighted by Crippen LogP contribution is 2.58. The number of aromatic nitrogens is 1. The molecule has 5 aliphatic rings. The van der Waals surface area contributed by atoms with Gasteiger partial charge in [0.15, 0.2) is 0 Å². The molecule has 240 valence electrons. The predicted molar refractivity (Wildman–Crippen MR) is 204 cm³/mol. The molecule has 1 saturated carbocycles. The fraction of sp³-hybridized carbons (Fsp3) is 0.239. The van der Waals surface area contributed by atoms with Crippen LogP contribution in [-0.4, -0.2) is 11.5 Å². The quantitative estimate of drug-likeness (QED) is 0.192. The fourth-order valence-corrected chi connectivity index (χ4v) is 9.56. The molecule has 3 heteroatoms. The van der Waals surface area contributed by atoms with E-state index in [9.17, 15) is 0 Å². The molecule has 3 nitrogen and oxygen atoms in total. The largest absolute Gasteiger partial charge is 0.345 e. The van der Waals surface area contributed by atoms with E-state index in [2.05, 4.69) is 131 Å². The van der Waals surface area contributed by atoms with Gasteiger partial charge in [-0.05, 0) is 126 Å². The third-order valence-corrected chi connectivity index (χ3v) is 11.8. The van der Waals surface area contributed by atoms with Crippen LogP contribution in [0.25, 0.3) is 23.3 Å². The molecule has 3 aliphatic carbocycles. The Labute approximate surface area is 290 Å². The van der Waals surface area contributed by atoms with Crippen molar-refractivity contribution in [1.29, 1.82) is 0 Å². The molecule has 2 aliphatic heterocycles. The van der Waals surface area contributed by atoms with Gasteiger partial charge in [-0.2, -0.15) is 0 Å². The smallest absolute Gasteiger partial charge is 0.0645 e. The highest BCUT2D eigenvalue weighted by molar-refractivity contribution is 5.86. The Morgan fingerprint density at radius 2 is 1.41 bits per heavy atom. The minimum absolute atomic E-state index is 0.130. The van der Waals surface area contributed by atoms with Crippen LogP contribution in [0.15, 0.2) is 127 Å². The summed E-state index contributed by atoms with van der Waals surface area (Å²) in [5.74, 6) is 0. The highest BCUT2D eigenvalue weighted by atomic mass is 15.2. The van der Waals surface area contributed by atoms with E-state index in [0.29, 0.717) is 0 Å². The number of allylic oxidation sites excluding steroid dienone is 4. The van der Waals surface area contributed by atoms with E-state index in [4.69, 9.17) is 4.98 Å². The number of fused-ring (bicyclic) bond motifs is 7. The molecule has 1 fully saturated rings. The van der Waals surface area contributed by atoms with Crippen molar-refractivity contribution >= 4 is 34.9 Å². The summed E-state index contributed by atoms with van der Waals surface area (Å²) in [6, 6.07) is 36.4. The number of para-hydroxylation sites is 2. The molecule has 5 aromatic rings. The number of rotatable bonds is 4. The van der Waals surface area contributed by atoms with Crippen molar-refractivity contribution in [3.8, 4) is 11.1 Å². The van der Waals surface area contributed by atoms with Gasteiger partial charge >= 0.3 is 0 Å². The predicted octanol–water partition coefficient (Wildman–Crippen LogP) is 11.7. The number of anilines is 4. The van der Waals surface area contributed by atoms with Crippen LogP contribution < -0.4 is 9.80 Å². The van der Waals surface area contributed by atoms with Gasteiger partial charge < -0.3 is 9.80 Å². The number of benzene rings is 4. The molecule has 49 heavy (non-hydrogen) atoms. The standard InChI is InChI=1S/C46H41N3/c1-4-14-43-33(10-1)13-9-27-48(43)37-22-24-40-39-23-18-32(28-41(39)46(42(40)30-37)25-7-8-26-46)17-19-36-20-21-38(31-47-36)49-44-15-5-2-11-34(44)29-35-12-3-6-16-45(35)49/h1-3,5-6,10-12,15-24,28,30-31H,4,7-9,13-14,25-27,29H2/b19-17+. The van der Waals surface area contributed by atoms with Gasteiger partial charge in [-0.1, -0.05) is 91.7 Å². The van der Waals surface area contributed by atoms with Gasteiger partial charge in [0.05, 0.1) is 17.6 Å². The second-order valence-corrected chi connectivity index (χ2v) is 14.5. The zero-order valence-electron chi connectivity index (χ0n) is 28.0. The average Bonchev–Trinajstić information content (AvgIpc) is 3.76. The zero-order chi connectivity index (χ0) is 32.4. The van der Waals surface area contributed by atoms with E-state index in [1.54, 1.807) is 16.8 Å². The first-order chi connectivity index (χ1) is 24.2. The van der Waals surface area contributed by atoms with Crippen LogP contribution >= 0.6 is 0 Å². The summed E-state index contributed by atoms with van der Waals surface area (Å²) in [6.45, 7) is 1.13. The Bertz CT molecular complexity index is 2150. The van der Waals surface area contributed by atoms with Gasteiger partial charge in [0.25, 0.3) is 0 Å². The van der Waals surface area contributed by atoms with Crippen LogP contribution in [0.3, 0.4) is 0 Å². The molecule has 0 amide bonds. The lowest BCUT2D eigenvalue weighted by Crippen LogP contribution is -2.30. The van der Waals surface area contributed by atoms with Crippen LogP contribution in [0.2, 0.25) is 0 Å². The first-order valence-corrected chi connectivity index (χ1v) is 18.3. The van der Waals surface area contributed by atoms with Crippen molar-refractivity contribution in [2.75, 3.05) is 16.3 Å². The van der Waals surface area contributed by atoms with Crippen molar-refractivity contribution in [2.45, 2.75) is 63.2 Å². The molecule has 0 radical (unpaired) electrons. The molecule has 3 heterocycles. The van der Waals surface area contributed by atoms with Gasteiger partial charge in [-0.15, -0.1) is 0 Å². The average molecular weight is 636 g/mol. The molecule has 0 N–H and O–H groups in total. The van der Waals surface area contributed by atoms with Crippen LogP contribution in [0.5, 0.6) is 0 Å². The van der Waals surface area contributed by atoms with Crippen LogP contribution in [0.4, 0.5) is 22.7 Å². The summed E-state index contributed by atoms with van der Waals surface area (Å²) in [7, 11) is 0. The zero-order valence-corrected chi connectivity index (χ0v) is 28.0. The third kappa shape index (κ3) is 4.66. The Hall–Kier alpha value is -5.15. The summed E-state index contributed by atoms with van der Waals surface area (Å²) in [4.78, 5) is 9.93. The summed E-state index contributed by atoms with van der Waals surface area (Å²) in [6.07, 6.45) is 22.0. The van der Waals surface area contributed by atoms with Crippen LogP contribution in [0, 0.1) is 0 Å². The summed E-state index contributed by atoms with van der Waals surface area (Å²) in [5.41, 5.74) is 19.1. The Morgan fingerprint density at radius 1 is 0.673 bits per heavy atom. The molecule has 1 aromatic heterocycles. The maximum Gasteiger partial charge on any atom is 0.0645 e. The number of hydrogen-bond acceptors (Lipinski definition) is 3. The molecule has 0 atom stereocenters. The van der Waals surface area contributed by atoms with Crippen molar-refractivity contribution in [2.24, 2.45) is 0 Å². The summed E-state index contributed by atoms with van der Waals surface area (Å²) >= 11 is 0. The molecule has 0 bridgehead atoms. The maximum absolute atomic E-state index is 4.93. The summed E-state index contributed by atoms with van der Waals surface area (Å²) in [5, 5.41) is 0. The van der Waals surface area contributed by atoms with Gasteiger partial charge in [0.1, 0.15) is 0 Å². The summed E-state index contributed by atoms with van der Waals surface area (Å²) < 4.78 is 0. The molecule has 0 unspecified atom stereocenters. The van der Waals surface area contributed by atoms with Crippen molar-refractivity contribution in [3.63, 3.8) is 0 Å². The molecule has 0 saturated heterocycles. The maximum atomic E-state index is 4.93. The van der Waals surface area contributed by atoms with Crippen molar-refractivity contribution in [3.05, 3.63) is 160 Å². The highest BCUT2D eigenvalue weighted by Gasteiger charge is 2.45. The second-order valence-electron chi connectivity index (χ2n) is 14.5. The lowest BCUT2D eigenvalue weighted by atomic mass is 9.76. The molecular weight excluding hydrogens is 595 g/mol. The third-order valence-electron chi connectivity index (χ3n) is 11.8. The van der Waals surface area contributed by atoms with Gasteiger partial charge in [-0.25, -0.2) is 0 Å². The Morgan fingerprint density at radius 3 is 2.18 bits per heavy atom. The van der Waals surface area contributed by atoms with E-state index in [0.717, 1.165) is 30.8 Å². The van der Waals surface area contributed by atoms with E-state index in [1.165, 1.54) is 95.4 Å². The van der Waals surface area contributed by atoms with Crippen molar-refractivity contribution in [1.82, 2.24) is 4.98 Å². The van der Waals surface area contributed by atoms with Gasteiger partial charge in [-0.3, -0.25) is 4.98 Å². The van der Waals surface area contributed by atoms with Gasteiger partial charge in [0, 0.05) is 41.1 Å². The first kappa shape index (κ1) is 28.8. The second kappa shape index (κ2) is 11.5. The molecule has 4 aromatic carbocycles. The SMILES string of the molecule is C1=CC2=C(CC1)N(c1ccc3c(c1)C1(CCCC1)c1cc(/C=C/c4ccc(N5c6ccccc6Cc6ccccc65)cn4)ccc1-3)CCC2. The van der Waals surface area contributed by atoms with Crippen LogP contribution in [-0.2, 0) is 11.8 Å². The van der Waals surface area contributed by atoms with Gasteiger partial charge in [0.2, 0.25) is 0 Å². The normalized spacial score (nSPS) is 18.4.